The van der Waals surface area contributed by atoms with Crippen LogP contribution < -0.4 is 4.74 Å². The molecule has 0 aliphatic rings. The molecule has 3 aromatic rings. The number of aryl methyl sites for hydroxylation is 1. The van der Waals surface area contributed by atoms with Gasteiger partial charge in [0.25, 0.3) is 0 Å². The van der Waals surface area contributed by atoms with Crippen molar-refractivity contribution in [2.45, 2.75) is 32.1 Å². The van der Waals surface area contributed by atoms with Crippen molar-refractivity contribution in [2.75, 3.05) is 6.61 Å². The third kappa shape index (κ3) is 5.82. The van der Waals surface area contributed by atoms with Crippen LogP contribution in [0.15, 0.2) is 78.9 Å². The number of rotatable bonds is 10. The average Bonchev–Trinajstić information content (AvgIpc) is 2.74. The second kappa shape index (κ2) is 10.3. The third-order valence-electron chi connectivity index (χ3n) is 4.72. The molecule has 0 radical (unpaired) electrons. The lowest BCUT2D eigenvalue weighted by Gasteiger charge is -2.08. The highest BCUT2D eigenvalue weighted by Crippen LogP contribution is 2.20. The van der Waals surface area contributed by atoms with Gasteiger partial charge in [0.05, 0.1) is 12.2 Å². The first-order chi connectivity index (χ1) is 13.4. The van der Waals surface area contributed by atoms with Gasteiger partial charge in [0, 0.05) is 0 Å². The van der Waals surface area contributed by atoms with Crippen LogP contribution in [-0.2, 0) is 6.42 Å². The number of aldehydes is 1. The summed E-state index contributed by atoms with van der Waals surface area (Å²) in [5.41, 5.74) is 4.55. The second-order valence-electron chi connectivity index (χ2n) is 6.73. The van der Waals surface area contributed by atoms with E-state index in [9.17, 15) is 4.79 Å². The molecule has 0 bridgehead atoms. The number of hydrogen-bond donors (Lipinski definition) is 0. The van der Waals surface area contributed by atoms with Crippen LogP contribution >= 0.6 is 0 Å². The maximum absolute atomic E-state index is 11.0. The highest BCUT2D eigenvalue weighted by molar-refractivity contribution is 5.79. The molecule has 0 spiro atoms. The van der Waals surface area contributed by atoms with Gasteiger partial charge in [-0.25, -0.2) is 0 Å². The van der Waals surface area contributed by atoms with Crippen LogP contribution in [0, 0.1) is 0 Å². The quantitative estimate of drug-likeness (QED) is 0.312. The summed E-state index contributed by atoms with van der Waals surface area (Å²) < 4.78 is 5.72. The van der Waals surface area contributed by atoms with Crippen molar-refractivity contribution in [3.63, 3.8) is 0 Å². The minimum absolute atomic E-state index is 0.622. The fourth-order valence-corrected chi connectivity index (χ4v) is 3.17. The minimum atomic E-state index is 0.622. The highest BCUT2D eigenvalue weighted by Gasteiger charge is 2.01. The Bertz CT molecular complexity index is 822. The van der Waals surface area contributed by atoms with Crippen LogP contribution in [0.2, 0.25) is 0 Å². The molecule has 0 aliphatic carbocycles. The maximum Gasteiger partial charge on any atom is 0.153 e. The van der Waals surface area contributed by atoms with Crippen LogP contribution in [0.1, 0.15) is 41.6 Å². The molecule has 138 valence electrons. The largest absolute Gasteiger partial charge is 0.493 e. The summed E-state index contributed by atoms with van der Waals surface area (Å²) >= 11 is 0. The average molecular weight is 358 g/mol. The summed E-state index contributed by atoms with van der Waals surface area (Å²) in [5.74, 6) is 0.686. The second-order valence-corrected chi connectivity index (χ2v) is 6.73. The van der Waals surface area contributed by atoms with E-state index in [1.807, 2.05) is 24.3 Å². The molecule has 0 amide bonds. The molecule has 2 heteroatoms. The van der Waals surface area contributed by atoms with Gasteiger partial charge in [-0.3, -0.25) is 4.79 Å². The number of hydrogen-bond acceptors (Lipinski definition) is 2. The summed E-state index contributed by atoms with van der Waals surface area (Å²) in [4.78, 5) is 11.0. The van der Waals surface area contributed by atoms with Gasteiger partial charge in [0.1, 0.15) is 5.75 Å². The molecular weight excluding hydrogens is 332 g/mol. The van der Waals surface area contributed by atoms with E-state index in [4.69, 9.17) is 4.74 Å². The van der Waals surface area contributed by atoms with Gasteiger partial charge in [-0.15, -0.1) is 0 Å². The van der Waals surface area contributed by atoms with E-state index in [1.54, 1.807) is 6.07 Å². The predicted octanol–water partition coefficient (Wildman–Crippen LogP) is 6.35. The Morgan fingerprint density at radius 3 is 2.11 bits per heavy atom. The Balaban J connectivity index is 1.33. The summed E-state index contributed by atoms with van der Waals surface area (Å²) in [6, 6.07) is 26.8. The first kappa shape index (κ1) is 18.9. The molecule has 3 aromatic carbocycles. The van der Waals surface area contributed by atoms with Crippen LogP contribution in [-0.4, -0.2) is 12.9 Å². The molecule has 0 fully saturated rings. The standard InChI is InChI=1S/C25H26O2/c26-20-24-13-7-8-14-25(24)27-19-9-2-1-4-10-21-15-17-23(18-16-21)22-11-5-3-6-12-22/h3,5-8,11-18,20H,1-2,4,9-10,19H2. The summed E-state index contributed by atoms with van der Waals surface area (Å²) in [6.07, 6.45) is 6.50. The van der Waals surface area contributed by atoms with Gasteiger partial charge in [0.15, 0.2) is 6.29 Å². The monoisotopic (exact) mass is 358 g/mol. The fourth-order valence-electron chi connectivity index (χ4n) is 3.17. The molecule has 0 aromatic heterocycles. The molecule has 0 heterocycles. The summed E-state index contributed by atoms with van der Waals surface area (Å²) in [7, 11) is 0. The molecule has 0 atom stereocenters. The van der Waals surface area contributed by atoms with Crippen molar-refractivity contribution >= 4 is 6.29 Å². The number of benzene rings is 3. The molecule has 0 saturated carbocycles. The molecule has 2 nitrogen and oxygen atoms in total. The van der Waals surface area contributed by atoms with E-state index in [2.05, 4.69) is 48.5 Å². The Morgan fingerprint density at radius 1 is 0.667 bits per heavy atom. The zero-order valence-electron chi connectivity index (χ0n) is 15.6. The zero-order chi connectivity index (χ0) is 18.7. The number of para-hydroxylation sites is 1. The molecular formula is C25H26O2. The van der Waals surface area contributed by atoms with Gasteiger partial charge in [-0.1, -0.05) is 79.6 Å². The van der Waals surface area contributed by atoms with E-state index >= 15 is 0 Å². The first-order valence-electron chi connectivity index (χ1n) is 9.68. The number of carbonyl (C=O) groups excluding carboxylic acids is 1. The van der Waals surface area contributed by atoms with Crippen LogP contribution in [0.3, 0.4) is 0 Å². The Hall–Kier alpha value is -2.87. The molecule has 0 aliphatic heterocycles. The van der Waals surface area contributed by atoms with Gasteiger partial charge < -0.3 is 4.74 Å². The minimum Gasteiger partial charge on any atom is -0.493 e. The van der Waals surface area contributed by atoms with Gasteiger partial charge in [-0.05, 0) is 48.1 Å². The van der Waals surface area contributed by atoms with Crippen molar-refractivity contribution in [2.24, 2.45) is 0 Å². The topological polar surface area (TPSA) is 26.3 Å². The van der Waals surface area contributed by atoms with Gasteiger partial charge in [-0.2, -0.15) is 0 Å². The lowest BCUT2D eigenvalue weighted by atomic mass is 10.0. The van der Waals surface area contributed by atoms with Gasteiger partial charge >= 0.3 is 0 Å². The molecule has 0 saturated heterocycles. The third-order valence-corrected chi connectivity index (χ3v) is 4.72. The fraction of sp³-hybridized carbons (Fsp3) is 0.240. The Kier molecular flexibility index (Phi) is 7.23. The van der Waals surface area contributed by atoms with Crippen molar-refractivity contribution in [1.29, 1.82) is 0 Å². The summed E-state index contributed by atoms with van der Waals surface area (Å²) in [5, 5.41) is 0. The van der Waals surface area contributed by atoms with Crippen molar-refractivity contribution in [1.82, 2.24) is 0 Å². The summed E-state index contributed by atoms with van der Waals surface area (Å²) in [6.45, 7) is 0.663. The molecule has 3 rings (SSSR count). The SMILES string of the molecule is O=Cc1ccccc1OCCCCCCc1ccc(-c2ccccc2)cc1. The van der Waals surface area contributed by atoms with Crippen LogP contribution in [0.5, 0.6) is 5.75 Å². The van der Waals surface area contributed by atoms with E-state index in [0.717, 1.165) is 25.5 Å². The highest BCUT2D eigenvalue weighted by atomic mass is 16.5. The lowest BCUT2D eigenvalue weighted by molar-refractivity contribution is 0.111. The normalized spacial score (nSPS) is 10.5. The first-order valence-corrected chi connectivity index (χ1v) is 9.68. The smallest absolute Gasteiger partial charge is 0.153 e. The number of ether oxygens (including phenoxy) is 1. The number of unbranched alkanes of at least 4 members (excludes halogenated alkanes) is 3. The Morgan fingerprint density at radius 2 is 1.33 bits per heavy atom. The van der Waals surface area contributed by atoms with Crippen LogP contribution in [0.4, 0.5) is 0 Å². The van der Waals surface area contributed by atoms with E-state index < -0.39 is 0 Å². The van der Waals surface area contributed by atoms with Crippen molar-refractivity contribution < 1.29 is 9.53 Å². The van der Waals surface area contributed by atoms with Crippen molar-refractivity contribution in [3.05, 3.63) is 90.0 Å². The zero-order valence-corrected chi connectivity index (χ0v) is 15.6. The van der Waals surface area contributed by atoms with E-state index in [-0.39, 0.29) is 0 Å². The molecule has 0 unspecified atom stereocenters. The van der Waals surface area contributed by atoms with E-state index in [1.165, 1.54) is 29.5 Å². The maximum atomic E-state index is 11.0. The number of carbonyl (C=O) groups is 1. The Labute approximate surface area is 161 Å². The van der Waals surface area contributed by atoms with Crippen LogP contribution in [0.25, 0.3) is 11.1 Å². The molecule has 27 heavy (non-hydrogen) atoms. The lowest BCUT2D eigenvalue weighted by Crippen LogP contribution is -2.00. The molecule has 0 N–H and O–H groups in total. The van der Waals surface area contributed by atoms with E-state index in [0.29, 0.717) is 17.9 Å². The van der Waals surface area contributed by atoms with Crippen molar-refractivity contribution in [3.8, 4) is 16.9 Å². The predicted molar refractivity (Wildman–Crippen MR) is 111 cm³/mol. The van der Waals surface area contributed by atoms with Gasteiger partial charge in [0.2, 0.25) is 0 Å².